The van der Waals surface area contributed by atoms with Crippen molar-refractivity contribution in [3.63, 3.8) is 0 Å². The Hall–Kier alpha value is -2.04. The summed E-state index contributed by atoms with van der Waals surface area (Å²) in [4.78, 5) is 23.5. The molecule has 2 N–H and O–H groups in total. The minimum absolute atomic E-state index is 0.0805. The highest BCUT2D eigenvalue weighted by Crippen LogP contribution is 2.24. The SMILES string of the molecule is CCCNC(=O)[C@@H](C)NC(=O)COc1ccc(C(C)(C)C)cc1. The van der Waals surface area contributed by atoms with Crippen molar-refractivity contribution in [3.05, 3.63) is 29.8 Å². The summed E-state index contributed by atoms with van der Waals surface area (Å²) in [6.45, 7) is 10.5. The fourth-order valence-electron chi connectivity index (χ4n) is 1.95. The van der Waals surface area contributed by atoms with E-state index in [1.807, 2.05) is 31.2 Å². The minimum atomic E-state index is -0.569. The van der Waals surface area contributed by atoms with Gasteiger partial charge in [0.15, 0.2) is 6.61 Å². The van der Waals surface area contributed by atoms with Crippen molar-refractivity contribution in [1.82, 2.24) is 10.6 Å². The molecule has 1 rings (SSSR count). The number of benzene rings is 1. The van der Waals surface area contributed by atoms with Gasteiger partial charge < -0.3 is 15.4 Å². The van der Waals surface area contributed by atoms with Crippen LogP contribution in [0.15, 0.2) is 24.3 Å². The molecule has 0 spiro atoms. The van der Waals surface area contributed by atoms with Crippen molar-refractivity contribution in [2.45, 2.75) is 52.5 Å². The summed E-state index contributed by atoms with van der Waals surface area (Å²) in [7, 11) is 0. The Labute approximate surface area is 138 Å². The predicted octanol–water partition coefficient (Wildman–Crippen LogP) is 2.39. The molecular weight excluding hydrogens is 292 g/mol. The normalized spacial score (nSPS) is 12.4. The van der Waals surface area contributed by atoms with Crippen LogP contribution in [0.1, 0.15) is 46.6 Å². The van der Waals surface area contributed by atoms with Gasteiger partial charge >= 0.3 is 0 Å². The Balaban J connectivity index is 2.42. The second-order valence-corrected chi connectivity index (χ2v) is 6.64. The van der Waals surface area contributed by atoms with Crippen LogP contribution in [0.25, 0.3) is 0 Å². The molecule has 0 saturated heterocycles. The summed E-state index contributed by atoms with van der Waals surface area (Å²) in [6, 6.07) is 7.12. The van der Waals surface area contributed by atoms with Crippen molar-refractivity contribution in [1.29, 1.82) is 0 Å². The highest BCUT2D eigenvalue weighted by Gasteiger charge is 2.16. The molecule has 0 aliphatic carbocycles. The highest BCUT2D eigenvalue weighted by atomic mass is 16.5. The van der Waals surface area contributed by atoms with Gasteiger partial charge in [-0.15, -0.1) is 0 Å². The maximum absolute atomic E-state index is 11.8. The van der Waals surface area contributed by atoms with Gasteiger partial charge in [0.25, 0.3) is 5.91 Å². The first-order valence-corrected chi connectivity index (χ1v) is 8.04. The average Bonchev–Trinajstić information content (AvgIpc) is 2.50. The lowest BCUT2D eigenvalue weighted by Crippen LogP contribution is -2.46. The molecule has 0 fully saturated rings. The van der Waals surface area contributed by atoms with Crippen molar-refractivity contribution in [2.24, 2.45) is 0 Å². The van der Waals surface area contributed by atoms with E-state index in [1.165, 1.54) is 5.56 Å². The van der Waals surface area contributed by atoms with E-state index in [9.17, 15) is 9.59 Å². The van der Waals surface area contributed by atoms with E-state index < -0.39 is 6.04 Å². The number of carbonyl (C=O) groups is 2. The van der Waals surface area contributed by atoms with E-state index in [-0.39, 0.29) is 23.8 Å². The molecule has 23 heavy (non-hydrogen) atoms. The molecule has 1 aromatic carbocycles. The lowest BCUT2D eigenvalue weighted by molar-refractivity contribution is -0.129. The van der Waals surface area contributed by atoms with Crippen LogP contribution < -0.4 is 15.4 Å². The minimum Gasteiger partial charge on any atom is -0.484 e. The van der Waals surface area contributed by atoms with Gasteiger partial charge in [0, 0.05) is 6.54 Å². The quantitative estimate of drug-likeness (QED) is 0.810. The van der Waals surface area contributed by atoms with Crippen LogP contribution in [0, 0.1) is 0 Å². The third-order valence-electron chi connectivity index (χ3n) is 3.41. The van der Waals surface area contributed by atoms with Crippen LogP contribution in [-0.4, -0.2) is 31.0 Å². The first-order chi connectivity index (χ1) is 10.7. The van der Waals surface area contributed by atoms with E-state index in [2.05, 4.69) is 31.4 Å². The molecule has 5 heteroatoms. The van der Waals surface area contributed by atoms with Crippen LogP contribution in [0.5, 0.6) is 5.75 Å². The topological polar surface area (TPSA) is 67.4 Å². The van der Waals surface area contributed by atoms with Crippen LogP contribution in [0.4, 0.5) is 0 Å². The van der Waals surface area contributed by atoms with Crippen LogP contribution in [-0.2, 0) is 15.0 Å². The monoisotopic (exact) mass is 320 g/mol. The Morgan fingerprint density at radius 2 is 1.78 bits per heavy atom. The van der Waals surface area contributed by atoms with E-state index in [0.717, 1.165) is 6.42 Å². The van der Waals surface area contributed by atoms with Crippen LogP contribution >= 0.6 is 0 Å². The maximum Gasteiger partial charge on any atom is 0.258 e. The molecule has 1 aromatic rings. The first kappa shape index (κ1) is 19.0. The molecule has 0 aliphatic heterocycles. The van der Waals surface area contributed by atoms with Crippen LogP contribution in [0.3, 0.4) is 0 Å². The van der Waals surface area contributed by atoms with Gasteiger partial charge in [-0.2, -0.15) is 0 Å². The molecule has 0 bridgehead atoms. The van der Waals surface area contributed by atoms with E-state index >= 15 is 0 Å². The number of hydrogen-bond acceptors (Lipinski definition) is 3. The zero-order chi connectivity index (χ0) is 17.5. The number of ether oxygens (including phenoxy) is 1. The molecule has 0 heterocycles. The lowest BCUT2D eigenvalue weighted by Gasteiger charge is -2.19. The van der Waals surface area contributed by atoms with Crippen molar-refractivity contribution in [3.8, 4) is 5.75 Å². The molecule has 5 nitrogen and oxygen atoms in total. The van der Waals surface area contributed by atoms with Gasteiger partial charge in [0.2, 0.25) is 5.91 Å². The summed E-state index contributed by atoms with van der Waals surface area (Å²) in [5, 5.41) is 5.36. The molecule has 0 aromatic heterocycles. The predicted molar refractivity (Wildman–Crippen MR) is 91.5 cm³/mol. The molecule has 0 radical (unpaired) electrons. The smallest absolute Gasteiger partial charge is 0.258 e. The zero-order valence-electron chi connectivity index (χ0n) is 14.7. The second-order valence-electron chi connectivity index (χ2n) is 6.64. The number of hydrogen-bond donors (Lipinski definition) is 2. The standard InChI is InChI=1S/C18H28N2O3/c1-6-11-19-17(22)13(2)20-16(21)12-23-15-9-7-14(8-10-15)18(3,4)5/h7-10,13H,6,11-12H2,1-5H3,(H,19,22)(H,20,21)/t13-/m1/s1. The molecule has 2 amide bonds. The molecule has 0 aliphatic rings. The number of amides is 2. The molecule has 128 valence electrons. The fourth-order valence-corrected chi connectivity index (χ4v) is 1.95. The fraction of sp³-hybridized carbons (Fsp3) is 0.556. The van der Waals surface area contributed by atoms with E-state index in [0.29, 0.717) is 12.3 Å². The molecule has 0 saturated carbocycles. The Bertz CT molecular complexity index is 518. The Morgan fingerprint density at radius 1 is 1.17 bits per heavy atom. The molecule has 1 atom stereocenters. The number of nitrogens with one attached hydrogen (secondary N) is 2. The summed E-state index contributed by atoms with van der Waals surface area (Å²) in [5.74, 6) is 0.134. The summed E-state index contributed by atoms with van der Waals surface area (Å²) in [5.41, 5.74) is 1.28. The second kappa shape index (κ2) is 8.56. The average molecular weight is 320 g/mol. The van der Waals surface area contributed by atoms with E-state index in [1.54, 1.807) is 6.92 Å². The number of carbonyl (C=O) groups excluding carboxylic acids is 2. The summed E-state index contributed by atoms with van der Waals surface area (Å²) >= 11 is 0. The zero-order valence-corrected chi connectivity index (χ0v) is 14.7. The van der Waals surface area contributed by atoms with E-state index in [4.69, 9.17) is 4.74 Å². The maximum atomic E-state index is 11.8. The summed E-state index contributed by atoms with van der Waals surface area (Å²) < 4.78 is 5.45. The molecule has 0 unspecified atom stereocenters. The van der Waals surface area contributed by atoms with Crippen molar-refractivity contribution in [2.75, 3.05) is 13.2 Å². The molecular formula is C18H28N2O3. The van der Waals surface area contributed by atoms with Gasteiger partial charge in [-0.05, 0) is 36.5 Å². The summed E-state index contributed by atoms with van der Waals surface area (Å²) in [6.07, 6.45) is 0.861. The third kappa shape index (κ3) is 6.72. The van der Waals surface area contributed by atoms with Gasteiger partial charge in [-0.25, -0.2) is 0 Å². The van der Waals surface area contributed by atoms with Gasteiger partial charge in [-0.3, -0.25) is 9.59 Å². The van der Waals surface area contributed by atoms with Crippen molar-refractivity contribution < 1.29 is 14.3 Å². The van der Waals surface area contributed by atoms with Crippen LogP contribution in [0.2, 0.25) is 0 Å². The Morgan fingerprint density at radius 3 is 2.30 bits per heavy atom. The highest BCUT2D eigenvalue weighted by molar-refractivity contribution is 5.87. The largest absolute Gasteiger partial charge is 0.484 e. The lowest BCUT2D eigenvalue weighted by atomic mass is 9.87. The van der Waals surface area contributed by atoms with Crippen molar-refractivity contribution >= 4 is 11.8 Å². The van der Waals surface area contributed by atoms with Gasteiger partial charge in [0.05, 0.1) is 0 Å². The number of rotatable bonds is 7. The third-order valence-corrected chi connectivity index (χ3v) is 3.41. The first-order valence-electron chi connectivity index (χ1n) is 8.04. The van der Waals surface area contributed by atoms with Gasteiger partial charge in [-0.1, -0.05) is 39.8 Å². The van der Waals surface area contributed by atoms with Gasteiger partial charge in [0.1, 0.15) is 11.8 Å². The Kier molecular flexibility index (Phi) is 7.07.